The summed E-state index contributed by atoms with van der Waals surface area (Å²) in [7, 11) is 0. The molecule has 3 saturated heterocycles. The summed E-state index contributed by atoms with van der Waals surface area (Å²) in [5.74, 6) is -0.180. The van der Waals surface area contributed by atoms with E-state index < -0.39 is 36.1 Å². The fraction of sp³-hybridized carbons (Fsp3) is 0.444. The molecule has 6 N–H and O–H groups in total. The lowest BCUT2D eigenvalue weighted by atomic mass is 9.78. The van der Waals surface area contributed by atoms with Crippen LogP contribution in [0.5, 0.6) is 23.0 Å². The number of esters is 2. The van der Waals surface area contributed by atoms with Gasteiger partial charge in [-0.1, -0.05) is 76.2 Å². The third-order valence-electron chi connectivity index (χ3n) is 10.2. The number of aliphatic carboxylic acids is 2. The van der Waals surface area contributed by atoms with Gasteiger partial charge >= 0.3 is 23.9 Å². The highest BCUT2D eigenvalue weighted by atomic mass is 35.5. The van der Waals surface area contributed by atoms with Gasteiger partial charge in [-0.05, 0) is 104 Å². The number of rotatable bonds is 16. The maximum absolute atomic E-state index is 9.92. The number of epoxide rings is 3. The second-order valence-corrected chi connectivity index (χ2v) is 18.0. The van der Waals surface area contributed by atoms with Crippen molar-refractivity contribution in [3.63, 3.8) is 0 Å². The standard InChI is InChI=1S/C21H28O4.C15H16O2.C6H10O4.C4H2O3.C3H5ClO.C3H6O.C2H4O/c1-15(22)13-24-19-9-5-17(6-10-19)21(3,4)18-7-11-20(12-8-18)25-14-16(2)23;1-15(2,11-3-7-13(16)8-4-11)12-5-9-14(17)10-6-12;7-5(8)3-1-2-4-6(9)10;5-3-1-2-4(6)7-3;4-1-3-2-5-3;1-3-2-4-3;1-2-3-1/h5-12,15-16,22-23H,13-14H2,1-4H3;3-10,16-17H,1-2H3;1-4H2,(H,7,8)(H,9,10);1-2H;3H,1-2H2;3H,2H2,1H3;1-2H2. The minimum Gasteiger partial charge on any atom is -0.508 e. The molecule has 0 spiro atoms. The lowest BCUT2D eigenvalue weighted by Crippen LogP contribution is -2.19. The molecule has 0 aliphatic carbocycles. The number of phenols is 2. The average Bonchev–Trinajstić information content (AvgIpc) is 4.18. The zero-order valence-electron chi connectivity index (χ0n) is 41.6. The number of phenolic OH excluding ortho intramolecular Hbond substituents is 2. The fourth-order valence-corrected chi connectivity index (χ4v) is 5.75. The molecule has 4 atom stereocenters. The topological polar surface area (TPSA) is 255 Å². The number of hydrogen-bond acceptors (Lipinski definition) is 14. The second-order valence-electron chi connectivity index (χ2n) is 17.6. The van der Waals surface area contributed by atoms with E-state index in [0.717, 1.165) is 61.2 Å². The summed E-state index contributed by atoms with van der Waals surface area (Å²) in [6.07, 6.45) is 3.21. The van der Waals surface area contributed by atoms with Crippen molar-refractivity contribution in [1.29, 1.82) is 0 Å². The lowest BCUT2D eigenvalue weighted by Gasteiger charge is -2.26. The minimum atomic E-state index is -0.870. The van der Waals surface area contributed by atoms with Crippen LogP contribution < -0.4 is 9.47 Å². The quantitative estimate of drug-likeness (QED) is 0.0203. The molecule has 390 valence electrons. The minimum absolute atomic E-state index is 0.0628. The van der Waals surface area contributed by atoms with Crippen LogP contribution in [0.25, 0.3) is 0 Å². The molecule has 4 aromatic carbocycles. The van der Waals surface area contributed by atoms with Crippen LogP contribution in [0.4, 0.5) is 0 Å². The van der Waals surface area contributed by atoms with Crippen LogP contribution in [-0.4, -0.2) is 124 Å². The van der Waals surface area contributed by atoms with E-state index in [4.69, 9.17) is 40.8 Å². The van der Waals surface area contributed by atoms with Crippen LogP contribution in [0.2, 0.25) is 0 Å². The van der Waals surface area contributed by atoms with Crippen LogP contribution in [0.3, 0.4) is 0 Å². The van der Waals surface area contributed by atoms with Crippen LogP contribution in [0.1, 0.15) is 96.4 Å². The van der Waals surface area contributed by atoms with Crippen molar-refractivity contribution < 1.29 is 78.2 Å². The predicted molar refractivity (Wildman–Crippen MR) is 268 cm³/mol. The summed E-state index contributed by atoms with van der Waals surface area (Å²) in [5.41, 5.74) is 4.29. The molecule has 8 rings (SSSR count). The Labute approximate surface area is 421 Å². The number of carbonyl (C=O) groups is 4. The molecule has 0 amide bonds. The summed E-state index contributed by atoms with van der Waals surface area (Å²) in [6.45, 7) is 18.5. The molecule has 17 heteroatoms. The van der Waals surface area contributed by atoms with Crippen LogP contribution in [0, 0.1) is 0 Å². The van der Waals surface area contributed by atoms with Gasteiger partial charge in [0, 0.05) is 35.8 Å². The summed E-state index contributed by atoms with van der Waals surface area (Å²) in [6, 6.07) is 30.4. The molecule has 0 bridgehead atoms. The van der Waals surface area contributed by atoms with Gasteiger partial charge in [0.1, 0.15) is 36.2 Å². The van der Waals surface area contributed by atoms with E-state index in [-0.39, 0.29) is 48.4 Å². The molecule has 0 radical (unpaired) electrons. The van der Waals surface area contributed by atoms with Crippen LogP contribution in [-0.2, 0) is 49.0 Å². The monoisotopic (exact) mass is 1010 g/mol. The number of aliphatic hydroxyl groups is 2. The number of aliphatic hydroxyl groups excluding tert-OH is 2. The number of cyclic esters (lactones) is 2. The Hall–Kier alpha value is -6.01. The Balaban J connectivity index is 0.000000320. The van der Waals surface area contributed by atoms with Gasteiger partial charge in [0.05, 0.1) is 56.7 Å². The highest BCUT2D eigenvalue weighted by Gasteiger charge is 2.24. The van der Waals surface area contributed by atoms with Gasteiger partial charge in [0.2, 0.25) is 0 Å². The van der Waals surface area contributed by atoms with Crippen molar-refractivity contribution in [2.75, 3.05) is 45.5 Å². The maximum Gasteiger partial charge on any atom is 0.338 e. The zero-order valence-corrected chi connectivity index (χ0v) is 42.4. The van der Waals surface area contributed by atoms with Gasteiger partial charge in [-0.15, -0.1) is 11.6 Å². The second kappa shape index (κ2) is 32.1. The molecular weight excluding hydrogens is 940 g/mol. The van der Waals surface area contributed by atoms with Crippen molar-refractivity contribution in [3.8, 4) is 23.0 Å². The summed E-state index contributed by atoms with van der Waals surface area (Å²) >= 11 is 5.27. The van der Waals surface area contributed by atoms with E-state index in [0.29, 0.717) is 30.9 Å². The molecule has 0 saturated carbocycles. The first-order chi connectivity index (χ1) is 33.5. The SMILES string of the molecule is C1CO1.CC(C)(c1ccc(O)cc1)c1ccc(O)cc1.CC(O)COc1ccc(C(C)(C)c2ccc(OCC(C)O)cc2)cc1.CC1CO1.ClCC1CO1.O=C(O)CCCCC(=O)O.O=C1C=CC(=O)O1. The molecule has 4 aliphatic rings. The van der Waals surface area contributed by atoms with Gasteiger partial charge < -0.3 is 59.1 Å². The predicted octanol–water partition coefficient (Wildman–Crippen LogP) is 8.34. The first-order valence-corrected chi connectivity index (χ1v) is 23.7. The van der Waals surface area contributed by atoms with E-state index in [1.807, 2.05) is 48.5 Å². The highest BCUT2D eigenvalue weighted by molar-refractivity contribution is 6.18. The van der Waals surface area contributed by atoms with E-state index in [9.17, 15) is 39.6 Å². The Bertz CT molecular complexity index is 2040. The van der Waals surface area contributed by atoms with Crippen LogP contribution >= 0.6 is 11.6 Å². The summed E-state index contributed by atoms with van der Waals surface area (Å²) < 4.78 is 28.9. The number of carbonyl (C=O) groups excluding carboxylic acids is 2. The van der Waals surface area contributed by atoms with Gasteiger partial charge in [0.25, 0.3) is 0 Å². The van der Waals surface area contributed by atoms with Gasteiger partial charge in [-0.3, -0.25) is 9.59 Å². The van der Waals surface area contributed by atoms with Crippen LogP contribution in [0.15, 0.2) is 109 Å². The first-order valence-electron chi connectivity index (χ1n) is 23.2. The molecule has 0 aromatic heterocycles. The number of carboxylic acid groups (broad SMARTS) is 2. The number of carboxylic acids is 2. The fourth-order valence-electron chi connectivity index (χ4n) is 5.57. The van der Waals surface area contributed by atoms with Crippen molar-refractivity contribution in [3.05, 3.63) is 131 Å². The zero-order chi connectivity index (χ0) is 53.0. The van der Waals surface area contributed by atoms with Gasteiger partial charge in [-0.2, -0.15) is 0 Å². The number of ether oxygens (including phenoxy) is 6. The number of unbranched alkanes of at least 4 members (excludes halogenated alkanes) is 1. The number of alkyl halides is 1. The lowest BCUT2D eigenvalue weighted by molar-refractivity contribution is -0.150. The Morgan fingerprint density at radius 2 is 0.915 bits per heavy atom. The van der Waals surface area contributed by atoms with Gasteiger partial charge in [0.15, 0.2) is 0 Å². The molecule has 4 aliphatic heterocycles. The molecule has 4 aromatic rings. The molecule has 71 heavy (non-hydrogen) atoms. The Morgan fingerprint density at radius 3 is 1.10 bits per heavy atom. The number of halogens is 1. The van der Waals surface area contributed by atoms with E-state index in [1.165, 1.54) is 11.1 Å². The maximum atomic E-state index is 9.92. The molecule has 16 nitrogen and oxygen atoms in total. The first kappa shape index (κ1) is 61.1. The number of aromatic hydroxyl groups is 2. The van der Waals surface area contributed by atoms with Crippen molar-refractivity contribution in [1.82, 2.24) is 0 Å². The summed E-state index contributed by atoms with van der Waals surface area (Å²) in [4.78, 5) is 39.6. The summed E-state index contributed by atoms with van der Waals surface area (Å²) in [5, 5.41) is 53.4. The Kier molecular flexibility index (Phi) is 27.6. The van der Waals surface area contributed by atoms with Gasteiger partial charge in [-0.25, -0.2) is 9.59 Å². The molecular formula is C54H71ClO16. The molecule has 4 heterocycles. The third kappa shape index (κ3) is 28.4. The smallest absolute Gasteiger partial charge is 0.338 e. The normalized spacial score (nSPS) is 16.4. The van der Waals surface area contributed by atoms with Crippen molar-refractivity contribution in [2.45, 2.75) is 109 Å². The molecule has 3 fully saturated rings. The van der Waals surface area contributed by atoms with Crippen molar-refractivity contribution in [2.24, 2.45) is 0 Å². The van der Waals surface area contributed by atoms with E-state index in [2.05, 4.69) is 68.4 Å². The van der Waals surface area contributed by atoms with Crippen molar-refractivity contribution >= 4 is 35.5 Å². The number of hydrogen-bond donors (Lipinski definition) is 6. The average molecular weight is 1010 g/mol. The largest absolute Gasteiger partial charge is 0.508 e. The number of benzene rings is 4. The van der Waals surface area contributed by atoms with E-state index >= 15 is 0 Å². The molecule has 4 unspecified atom stereocenters. The van der Waals surface area contributed by atoms with E-state index in [1.54, 1.807) is 38.1 Å². The third-order valence-corrected chi connectivity index (χ3v) is 10.5. The Morgan fingerprint density at radius 1 is 0.620 bits per heavy atom. The highest BCUT2D eigenvalue weighted by Crippen LogP contribution is 2.34.